The van der Waals surface area contributed by atoms with Gasteiger partial charge in [0, 0.05) is 26.2 Å². The van der Waals surface area contributed by atoms with Gasteiger partial charge in [0.05, 0.1) is 6.10 Å². The maximum absolute atomic E-state index is 10.8. The van der Waals surface area contributed by atoms with Crippen LogP contribution in [0.3, 0.4) is 0 Å². The maximum Gasteiger partial charge on any atom is 0.320 e. The van der Waals surface area contributed by atoms with Gasteiger partial charge in [-0.25, -0.2) is 0 Å². The van der Waals surface area contributed by atoms with Crippen molar-refractivity contribution < 1.29 is 14.6 Å². The molecule has 5 nitrogen and oxygen atoms in total. The molecule has 0 bridgehead atoms. The number of carbonyl (C=O) groups is 1. The molecule has 0 amide bonds. The minimum atomic E-state index is -0.776. The molecule has 0 radical (unpaired) electrons. The second-order valence-electron chi connectivity index (χ2n) is 4.30. The Kier molecular flexibility index (Phi) is 5.73. The fourth-order valence-electron chi connectivity index (χ4n) is 1.99. The summed E-state index contributed by atoms with van der Waals surface area (Å²) in [5, 5.41) is 11.7. The first-order valence-corrected chi connectivity index (χ1v) is 5.87. The predicted octanol–water partition coefficient (Wildman–Crippen LogP) is 0.160. The highest BCUT2D eigenvalue weighted by atomic mass is 16.5. The highest BCUT2D eigenvalue weighted by Gasteiger charge is 2.19. The van der Waals surface area contributed by atoms with E-state index in [0.717, 1.165) is 32.7 Å². The van der Waals surface area contributed by atoms with Gasteiger partial charge in [0.2, 0.25) is 0 Å². The van der Waals surface area contributed by atoms with E-state index in [4.69, 9.17) is 9.84 Å². The Balaban J connectivity index is 2.32. The summed E-state index contributed by atoms with van der Waals surface area (Å²) in [5.74, 6) is -0.776. The molecule has 0 aromatic rings. The molecule has 2 unspecified atom stereocenters. The van der Waals surface area contributed by atoms with Crippen molar-refractivity contribution in [2.24, 2.45) is 0 Å². The standard InChI is InChI=1S/C11H22N2O3/c1-9-8-13(5-3-7-16-9)6-4-10(12-2)11(14)15/h9-10,12H,3-8H2,1-2H3,(H,14,15). The van der Waals surface area contributed by atoms with Crippen LogP contribution in [0.4, 0.5) is 0 Å². The normalized spacial score (nSPS) is 25.0. The molecule has 1 aliphatic heterocycles. The van der Waals surface area contributed by atoms with E-state index in [2.05, 4.69) is 17.1 Å². The summed E-state index contributed by atoms with van der Waals surface area (Å²) >= 11 is 0. The first-order valence-electron chi connectivity index (χ1n) is 5.87. The molecule has 16 heavy (non-hydrogen) atoms. The number of hydrogen-bond acceptors (Lipinski definition) is 4. The Labute approximate surface area is 96.8 Å². The third-order valence-electron chi connectivity index (χ3n) is 2.92. The van der Waals surface area contributed by atoms with Crippen LogP contribution in [-0.2, 0) is 9.53 Å². The zero-order valence-electron chi connectivity index (χ0n) is 10.1. The van der Waals surface area contributed by atoms with Crippen LogP contribution in [0.5, 0.6) is 0 Å². The minimum absolute atomic E-state index is 0.250. The molecule has 0 saturated carbocycles. The largest absolute Gasteiger partial charge is 0.480 e. The summed E-state index contributed by atoms with van der Waals surface area (Å²) in [4.78, 5) is 13.1. The van der Waals surface area contributed by atoms with Crippen LogP contribution in [0.2, 0.25) is 0 Å². The predicted molar refractivity (Wildman–Crippen MR) is 61.6 cm³/mol. The number of rotatable bonds is 5. The van der Waals surface area contributed by atoms with Crippen molar-refractivity contribution in [2.75, 3.05) is 33.3 Å². The number of ether oxygens (including phenoxy) is 1. The van der Waals surface area contributed by atoms with Crippen LogP contribution < -0.4 is 5.32 Å². The Morgan fingerprint density at radius 2 is 2.44 bits per heavy atom. The second-order valence-corrected chi connectivity index (χ2v) is 4.30. The van der Waals surface area contributed by atoms with E-state index < -0.39 is 12.0 Å². The van der Waals surface area contributed by atoms with Crippen LogP contribution in [0.1, 0.15) is 19.8 Å². The number of hydrogen-bond donors (Lipinski definition) is 2. The van der Waals surface area contributed by atoms with Crippen LogP contribution >= 0.6 is 0 Å². The van der Waals surface area contributed by atoms with E-state index in [-0.39, 0.29) is 6.10 Å². The van der Waals surface area contributed by atoms with E-state index in [1.807, 2.05) is 0 Å². The molecule has 2 N–H and O–H groups in total. The topological polar surface area (TPSA) is 61.8 Å². The molecule has 1 fully saturated rings. The van der Waals surface area contributed by atoms with Crippen molar-refractivity contribution in [1.29, 1.82) is 0 Å². The SMILES string of the molecule is CNC(CCN1CCCOC(C)C1)C(=O)O. The molecule has 1 aliphatic rings. The first kappa shape index (κ1) is 13.4. The maximum atomic E-state index is 10.8. The highest BCUT2D eigenvalue weighted by molar-refractivity contribution is 5.73. The van der Waals surface area contributed by atoms with Gasteiger partial charge in [-0.1, -0.05) is 0 Å². The summed E-state index contributed by atoms with van der Waals surface area (Å²) in [6.45, 7) is 5.58. The van der Waals surface area contributed by atoms with Gasteiger partial charge in [0.15, 0.2) is 0 Å². The van der Waals surface area contributed by atoms with Gasteiger partial charge < -0.3 is 20.1 Å². The number of nitrogens with one attached hydrogen (secondary N) is 1. The Bertz CT molecular complexity index is 223. The molecule has 94 valence electrons. The lowest BCUT2D eigenvalue weighted by atomic mass is 10.2. The van der Waals surface area contributed by atoms with Crippen molar-refractivity contribution in [2.45, 2.75) is 31.9 Å². The van der Waals surface area contributed by atoms with Gasteiger partial charge in [0.1, 0.15) is 6.04 Å². The Morgan fingerprint density at radius 1 is 1.69 bits per heavy atom. The first-order chi connectivity index (χ1) is 7.63. The van der Waals surface area contributed by atoms with Gasteiger partial charge >= 0.3 is 5.97 Å². The van der Waals surface area contributed by atoms with Gasteiger partial charge in [-0.05, 0) is 26.8 Å². The van der Waals surface area contributed by atoms with Gasteiger partial charge in [-0.3, -0.25) is 4.79 Å². The molecule has 2 atom stereocenters. The second kappa shape index (κ2) is 6.83. The van der Waals surface area contributed by atoms with E-state index in [1.54, 1.807) is 7.05 Å². The van der Waals surface area contributed by atoms with Crippen molar-refractivity contribution in [3.05, 3.63) is 0 Å². The lowest BCUT2D eigenvalue weighted by Gasteiger charge is -2.23. The Morgan fingerprint density at radius 3 is 3.06 bits per heavy atom. The number of aliphatic carboxylic acids is 1. The number of nitrogens with zero attached hydrogens (tertiary/aromatic N) is 1. The highest BCUT2D eigenvalue weighted by Crippen LogP contribution is 2.06. The van der Waals surface area contributed by atoms with Crippen molar-refractivity contribution in [1.82, 2.24) is 10.2 Å². The monoisotopic (exact) mass is 230 g/mol. The lowest BCUT2D eigenvalue weighted by molar-refractivity contribution is -0.139. The molecule has 1 heterocycles. The molecule has 5 heteroatoms. The molecule has 0 aromatic carbocycles. The average Bonchev–Trinajstić information content (AvgIpc) is 2.43. The fraction of sp³-hybridized carbons (Fsp3) is 0.909. The quantitative estimate of drug-likeness (QED) is 0.704. The third-order valence-corrected chi connectivity index (χ3v) is 2.92. The summed E-state index contributed by atoms with van der Waals surface area (Å²) in [6, 6.07) is -0.445. The minimum Gasteiger partial charge on any atom is -0.480 e. The summed E-state index contributed by atoms with van der Waals surface area (Å²) in [6.07, 6.45) is 1.92. The van der Waals surface area contributed by atoms with E-state index in [1.165, 1.54) is 0 Å². The summed E-state index contributed by atoms with van der Waals surface area (Å²) in [7, 11) is 1.69. The number of likely N-dealkylation sites (N-methyl/N-ethyl adjacent to an activating group) is 1. The fourth-order valence-corrected chi connectivity index (χ4v) is 1.99. The molecule has 0 aliphatic carbocycles. The van der Waals surface area contributed by atoms with Crippen molar-refractivity contribution in [3.63, 3.8) is 0 Å². The molecular formula is C11H22N2O3. The number of carboxylic acids is 1. The molecule has 1 saturated heterocycles. The lowest BCUT2D eigenvalue weighted by Crippen LogP contribution is -2.39. The van der Waals surface area contributed by atoms with Crippen LogP contribution in [0.25, 0.3) is 0 Å². The molecule has 0 spiro atoms. The zero-order valence-corrected chi connectivity index (χ0v) is 10.1. The zero-order chi connectivity index (χ0) is 12.0. The molecule has 0 aromatic heterocycles. The van der Waals surface area contributed by atoms with Gasteiger partial charge in [-0.15, -0.1) is 0 Å². The van der Waals surface area contributed by atoms with Crippen LogP contribution in [0.15, 0.2) is 0 Å². The van der Waals surface area contributed by atoms with Gasteiger partial charge in [-0.2, -0.15) is 0 Å². The smallest absolute Gasteiger partial charge is 0.320 e. The van der Waals surface area contributed by atoms with E-state index in [9.17, 15) is 4.79 Å². The van der Waals surface area contributed by atoms with E-state index in [0.29, 0.717) is 6.42 Å². The van der Waals surface area contributed by atoms with Crippen LogP contribution in [-0.4, -0.2) is 61.4 Å². The van der Waals surface area contributed by atoms with Crippen molar-refractivity contribution >= 4 is 5.97 Å². The van der Waals surface area contributed by atoms with E-state index >= 15 is 0 Å². The molecular weight excluding hydrogens is 208 g/mol. The van der Waals surface area contributed by atoms with Gasteiger partial charge in [0.25, 0.3) is 0 Å². The summed E-state index contributed by atoms with van der Waals surface area (Å²) in [5.41, 5.74) is 0. The molecule has 1 rings (SSSR count). The third kappa shape index (κ3) is 4.47. The number of carboxylic acid groups (broad SMARTS) is 1. The van der Waals surface area contributed by atoms with Crippen molar-refractivity contribution in [3.8, 4) is 0 Å². The Hall–Kier alpha value is -0.650. The van der Waals surface area contributed by atoms with Crippen LogP contribution in [0, 0.1) is 0 Å². The summed E-state index contributed by atoms with van der Waals surface area (Å²) < 4.78 is 5.54. The average molecular weight is 230 g/mol.